The van der Waals surface area contributed by atoms with E-state index in [1.807, 2.05) is 17.0 Å². The summed E-state index contributed by atoms with van der Waals surface area (Å²) in [6, 6.07) is 3.91. The van der Waals surface area contributed by atoms with Gasteiger partial charge in [0.15, 0.2) is 0 Å². The van der Waals surface area contributed by atoms with Gasteiger partial charge in [0.25, 0.3) is 0 Å². The summed E-state index contributed by atoms with van der Waals surface area (Å²) in [7, 11) is 7.08. The van der Waals surface area contributed by atoms with Crippen LogP contribution in [0.1, 0.15) is 18.6 Å². The molecule has 8 heteroatoms. The molecule has 0 aliphatic carbocycles. The summed E-state index contributed by atoms with van der Waals surface area (Å²) in [6.45, 7) is 3.85. The van der Waals surface area contributed by atoms with E-state index in [1.165, 1.54) is 0 Å². The van der Waals surface area contributed by atoms with E-state index in [-0.39, 0.29) is 23.5 Å². The predicted molar refractivity (Wildman–Crippen MR) is 102 cm³/mol. The molecule has 4 amide bonds. The molecule has 2 fully saturated rings. The van der Waals surface area contributed by atoms with Crippen LogP contribution in [0.2, 0.25) is 0 Å². The lowest BCUT2D eigenvalue weighted by Gasteiger charge is -2.47. The van der Waals surface area contributed by atoms with Crippen molar-refractivity contribution < 1.29 is 14.0 Å². The molecule has 2 aliphatic rings. The van der Waals surface area contributed by atoms with E-state index in [4.69, 9.17) is 4.42 Å². The Bertz CT molecular complexity index is 660. The number of piperidine rings is 1. The molecule has 1 aromatic rings. The second kappa shape index (κ2) is 7.80. The van der Waals surface area contributed by atoms with Crippen LogP contribution < -0.4 is 5.32 Å². The van der Waals surface area contributed by atoms with Gasteiger partial charge in [0.2, 0.25) is 0 Å². The largest absolute Gasteiger partial charge is 0.468 e. The maximum atomic E-state index is 12.5. The van der Waals surface area contributed by atoms with E-state index in [1.54, 1.807) is 44.3 Å². The highest BCUT2D eigenvalue weighted by molar-refractivity contribution is 5.75. The van der Waals surface area contributed by atoms with Crippen LogP contribution in [0.5, 0.6) is 0 Å². The third-order valence-corrected chi connectivity index (χ3v) is 5.71. The summed E-state index contributed by atoms with van der Waals surface area (Å²) in [5.41, 5.74) is -0.137. The predicted octanol–water partition coefficient (Wildman–Crippen LogP) is 1.50. The normalized spacial score (nSPS) is 25.6. The van der Waals surface area contributed by atoms with E-state index in [9.17, 15) is 9.59 Å². The highest BCUT2D eigenvalue weighted by Crippen LogP contribution is 2.40. The summed E-state index contributed by atoms with van der Waals surface area (Å²) in [6.07, 6.45) is 3.41. The first kappa shape index (κ1) is 19.5. The van der Waals surface area contributed by atoms with Gasteiger partial charge in [-0.1, -0.05) is 0 Å². The fraction of sp³-hybridized carbons (Fsp3) is 0.684. The van der Waals surface area contributed by atoms with E-state index in [0.717, 1.165) is 38.2 Å². The molecular formula is C19H31N5O3. The Balaban J connectivity index is 1.76. The minimum Gasteiger partial charge on any atom is -0.468 e. The zero-order valence-corrected chi connectivity index (χ0v) is 16.8. The second-order valence-corrected chi connectivity index (χ2v) is 8.19. The van der Waals surface area contributed by atoms with Crippen molar-refractivity contribution in [3.05, 3.63) is 24.2 Å². The molecule has 2 saturated heterocycles. The third kappa shape index (κ3) is 4.21. The minimum absolute atomic E-state index is 0.0382. The molecule has 0 saturated carbocycles. The molecule has 150 valence electrons. The molecule has 0 radical (unpaired) electrons. The quantitative estimate of drug-likeness (QED) is 0.866. The van der Waals surface area contributed by atoms with Crippen molar-refractivity contribution in [2.75, 3.05) is 54.4 Å². The van der Waals surface area contributed by atoms with Gasteiger partial charge in [-0.3, -0.25) is 4.90 Å². The topological polar surface area (TPSA) is 72.3 Å². The van der Waals surface area contributed by atoms with E-state index in [2.05, 4.69) is 10.2 Å². The molecule has 0 bridgehead atoms. The molecule has 1 spiro atoms. The Morgan fingerprint density at radius 2 is 2.00 bits per heavy atom. The SMILES string of the molecule is CN(C)C(=O)NC1CCN(C(=O)N(C)C)CC12CCN(Cc1ccco1)C2. The average molecular weight is 377 g/mol. The number of hydrogen-bond acceptors (Lipinski definition) is 4. The average Bonchev–Trinajstić information content (AvgIpc) is 3.27. The van der Waals surface area contributed by atoms with Gasteiger partial charge in [-0.15, -0.1) is 0 Å². The zero-order valence-electron chi connectivity index (χ0n) is 16.8. The summed E-state index contributed by atoms with van der Waals surface area (Å²) in [5.74, 6) is 0.943. The highest BCUT2D eigenvalue weighted by Gasteiger charge is 2.49. The zero-order chi connectivity index (χ0) is 19.6. The minimum atomic E-state index is -0.137. The maximum Gasteiger partial charge on any atom is 0.319 e. The Morgan fingerprint density at radius 1 is 1.22 bits per heavy atom. The third-order valence-electron chi connectivity index (χ3n) is 5.71. The van der Waals surface area contributed by atoms with Crippen molar-refractivity contribution in [1.82, 2.24) is 24.9 Å². The van der Waals surface area contributed by atoms with Gasteiger partial charge in [0.05, 0.1) is 12.8 Å². The molecule has 8 nitrogen and oxygen atoms in total. The van der Waals surface area contributed by atoms with Gasteiger partial charge in [0.1, 0.15) is 5.76 Å². The van der Waals surface area contributed by atoms with Gasteiger partial charge in [0, 0.05) is 59.3 Å². The molecule has 2 atom stereocenters. The number of nitrogens with zero attached hydrogens (tertiary/aromatic N) is 4. The van der Waals surface area contributed by atoms with E-state index in [0.29, 0.717) is 13.1 Å². The lowest BCUT2D eigenvalue weighted by atomic mass is 9.74. The summed E-state index contributed by atoms with van der Waals surface area (Å²) in [5, 5.41) is 3.20. The van der Waals surface area contributed by atoms with Crippen molar-refractivity contribution in [3.63, 3.8) is 0 Å². The molecule has 2 unspecified atom stereocenters. The summed E-state index contributed by atoms with van der Waals surface area (Å²) in [4.78, 5) is 32.3. The first-order valence-corrected chi connectivity index (χ1v) is 9.49. The fourth-order valence-corrected chi connectivity index (χ4v) is 4.27. The molecule has 1 aromatic heterocycles. The highest BCUT2D eigenvalue weighted by atomic mass is 16.3. The van der Waals surface area contributed by atoms with Crippen LogP contribution in [0.3, 0.4) is 0 Å². The standard InChI is InChI=1S/C19H31N5O3/c1-21(2)17(25)20-16-7-9-24(18(26)22(3)4)14-19(16)8-10-23(13-19)12-15-6-5-11-27-15/h5-6,11,16H,7-10,12-14H2,1-4H3,(H,20,25). The molecule has 2 aliphatic heterocycles. The molecule has 27 heavy (non-hydrogen) atoms. The van der Waals surface area contributed by atoms with E-state index >= 15 is 0 Å². The molecule has 1 N–H and O–H groups in total. The number of amides is 4. The Morgan fingerprint density at radius 3 is 2.63 bits per heavy atom. The Hall–Kier alpha value is -2.22. The van der Waals surface area contributed by atoms with Crippen molar-refractivity contribution in [2.45, 2.75) is 25.4 Å². The van der Waals surface area contributed by atoms with Crippen LogP contribution in [0.15, 0.2) is 22.8 Å². The number of carbonyl (C=O) groups excluding carboxylic acids is 2. The van der Waals surface area contributed by atoms with Crippen LogP contribution in [0.4, 0.5) is 9.59 Å². The summed E-state index contributed by atoms with van der Waals surface area (Å²) < 4.78 is 5.50. The van der Waals surface area contributed by atoms with E-state index < -0.39 is 0 Å². The molecule has 0 aromatic carbocycles. The van der Waals surface area contributed by atoms with Crippen LogP contribution in [0, 0.1) is 5.41 Å². The number of likely N-dealkylation sites (tertiary alicyclic amines) is 2. The number of furan rings is 1. The lowest BCUT2D eigenvalue weighted by Crippen LogP contribution is -2.62. The van der Waals surface area contributed by atoms with Crippen LogP contribution in [-0.2, 0) is 6.54 Å². The second-order valence-electron chi connectivity index (χ2n) is 8.19. The van der Waals surface area contributed by atoms with Gasteiger partial charge < -0.3 is 24.4 Å². The Labute approximate surface area is 161 Å². The van der Waals surface area contributed by atoms with Gasteiger partial charge >= 0.3 is 12.1 Å². The van der Waals surface area contributed by atoms with Crippen molar-refractivity contribution in [2.24, 2.45) is 5.41 Å². The van der Waals surface area contributed by atoms with Crippen molar-refractivity contribution in [1.29, 1.82) is 0 Å². The van der Waals surface area contributed by atoms with Crippen molar-refractivity contribution in [3.8, 4) is 0 Å². The monoisotopic (exact) mass is 377 g/mol. The Kier molecular flexibility index (Phi) is 5.64. The smallest absolute Gasteiger partial charge is 0.319 e. The van der Waals surface area contributed by atoms with Crippen LogP contribution >= 0.6 is 0 Å². The fourth-order valence-electron chi connectivity index (χ4n) is 4.27. The number of urea groups is 2. The number of carbonyl (C=O) groups is 2. The molecule has 3 rings (SSSR count). The van der Waals surface area contributed by atoms with Gasteiger partial charge in [-0.2, -0.15) is 0 Å². The van der Waals surface area contributed by atoms with Gasteiger partial charge in [-0.05, 0) is 31.5 Å². The molecular weight excluding hydrogens is 346 g/mol. The van der Waals surface area contributed by atoms with Gasteiger partial charge in [-0.25, -0.2) is 9.59 Å². The maximum absolute atomic E-state index is 12.5. The lowest BCUT2D eigenvalue weighted by molar-refractivity contribution is 0.0644. The number of rotatable bonds is 3. The number of nitrogens with one attached hydrogen (secondary N) is 1. The first-order chi connectivity index (χ1) is 12.8. The molecule has 3 heterocycles. The van der Waals surface area contributed by atoms with Crippen molar-refractivity contribution >= 4 is 12.1 Å². The summed E-state index contributed by atoms with van der Waals surface area (Å²) >= 11 is 0. The van der Waals surface area contributed by atoms with Crippen LogP contribution in [0.25, 0.3) is 0 Å². The van der Waals surface area contributed by atoms with Crippen LogP contribution in [-0.4, -0.2) is 92.1 Å². The number of hydrogen-bond donors (Lipinski definition) is 1. The first-order valence-electron chi connectivity index (χ1n) is 9.49.